The van der Waals surface area contributed by atoms with Crippen LogP contribution < -0.4 is 5.73 Å². The smallest absolute Gasteiger partial charge is 0.144 e. The van der Waals surface area contributed by atoms with Crippen LogP contribution in [0.3, 0.4) is 0 Å². The van der Waals surface area contributed by atoms with E-state index in [0.717, 1.165) is 18.4 Å². The molecule has 0 bridgehead atoms. The van der Waals surface area contributed by atoms with Gasteiger partial charge in [-0.25, -0.2) is 0 Å². The Bertz CT molecular complexity index is 368. The quantitative estimate of drug-likeness (QED) is 0.865. The second kappa shape index (κ2) is 4.22. The zero-order valence-electron chi connectivity index (χ0n) is 8.50. The van der Waals surface area contributed by atoms with Gasteiger partial charge in [0.1, 0.15) is 5.78 Å². The van der Waals surface area contributed by atoms with Gasteiger partial charge < -0.3 is 5.73 Å². The molecular weight excluding hydrogens is 301 g/mol. The number of Topliss-reactive ketones (excluding diaryl/α,β-unsaturated/α-hetero) is 1. The van der Waals surface area contributed by atoms with Crippen LogP contribution >= 0.6 is 22.6 Å². The Morgan fingerprint density at radius 1 is 1.33 bits per heavy atom. The fourth-order valence-corrected chi connectivity index (χ4v) is 2.08. The summed E-state index contributed by atoms with van der Waals surface area (Å²) in [6.07, 6.45) is 2.49. The predicted octanol–water partition coefficient (Wildman–Crippen LogP) is 2.14. The summed E-state index contributed by atoms with van der Waals surface area (Å²) in [6, 6.07) is 8.11. The number of carbonyl (C=O) groups excluding carboxylic acids is 1. The van der Waals surface area contributed by atoms with E-state index in [9.17, 15) is 4.79 Å². The number of benzene rings is 1. The van der Waals surface area contributed by atoms with Crippen LogP contribution in [-0.4, -0.2) is 12.3 Å². The molecule has 0 aliphatic heterocycles. The number of hydrogen-bond donors (Lipinski definition) is 1. The first-order valence-corrected chi connectivity index (χ1v) is 6.22. The summed E-state index contributed by atoms with van der Waals surface area (Å²) in [4.78, 5) is 11.9. The monoisotopic (exact) mass is 315 g/mol. The van der Waals surface area contributed by atoms with Gasteiger partial charge in [-0.15, -0.1) is 0 Å². The molecule has 1 fully saturated rings. The lowest BCUT2D eigenvalue weighted by molar-refractivity contribution is -0.123. The van der Waals surface area contributed by atoms with Crippen LogP contribution in [0.5, 0.6) is 0 Å². The van der Waals surface area contributed by atoms with Crippen molar-refractivity contribution in [1.82, 2.24) is 0 Å². The summed E-state index contributed by atoms with van der Waals surface area (Å²) in [7, 11) is 0. The third kappa shape index (κ3) is 2.39. The molecule has 0 unspecified atom stereocenters. The molecule has 80 valence electrons. The van der Waals surface area contributed by atoms with Gasteiger partial charge in [0.25, 0.3) is 0 Å². The molecule has 0 atom stereocenters. The number of nitrogens with two attached hydrogens (primary N) is 1. The normalized spacial score (nSPS) is 17.5. The summed E-state index contributed by atoms with van der Waals surface area (Å²) >= 11 is 2.26. The van der Waals surface area contributed by atoms with Crippen molar-refractivity contribution >= 4 is 28.4 Å². The first-order valence-electron chi connectivity index (χ1n) is 5.14. The van der Waals surface area contributed by atoms with E-state index in [2.05, 4.69) is 22.6 Å². The molecule has 2 nitrogen and oxygen atoms in total. The number of halogens is 1. The highest BCUT2D eigenvalue weighted by molar-refractivity contribution is 14.1. The van der Waals surface area contributed by atoms with Crippen molar-refractivity contribution in [2.45, 2.75) is 19.3 Å². The molecule has 1 saturated carbocycles. The molecule has 3 heteroatoms. The van der Waals surface area contributed by atoms with Crippen molar-refractivity contribution in [2.24, 2.45) is 11.1 Å². The number of hydrogen-bond acceptors (Lipinski definition) is 2. The highest BCUT2D eigenvalue weighted by Crippen LogP contribution is 2.46. The molecule has 2 rings (SSSR count). The Labute approximate surface area is 103 Å². The fraction of sp³-hybridized carbons (Fsp3) is 0.417. The van der Waals surface area contributed by atoms with E-state index in [1.165, 1.54) is 3.57 Å². The maximum absolute atomic E-state index is 11.9. The Morgan fingerprint density at radius 3 is 2.40 bits per heavy atom. The standard InChI is InChI=1S/C12H14INO/c13-10-3-1-9(2-4-10)7-11(15)12(8-14)5-6-12/h1-4H,5-8,14H2. The first-order chi connectivity index (χ1) is 7.16. The van der Waals surface area contributed by atoms with E-state index in [0.29, 0.717) is 18.7 Å². The number of ketones is 1. The van der Waals surface area contributed by atoms with Crippen LogP contribution in [0.15, 0.2) is 24.3 Å². The fourth-order valence-electron chi connectivity index (χ4n) is 1.72. The summed E-state index contributed by atoms with van der Waals surface area (Å²) < 4.78 is 1.20. The van der Waals surface area contributed by atoms with Gasteiger partial charge in [-0.1, -0.05) is 12.1 Å². The Kier molecular flexibility index (Phi) is 3.11. The van der Waals surface area contributed by atoms with Gasteiger partial charge in [0.05, 0.1) is 0 Å². The Morgan fingerprint density at radius 2 is 1.93 bits per heavy atom. The first kappa shape index (κ1) is 11.1. The highest BCUT2D eigenvalue weighted by Gasteiger charge is 2.47. The summed E-state index contributed by atoms with van der Waals surface area (Å²) in [6.45, 7) is 0.510. The molecule has 1 aromatic rings. The van der Waals surface area contributed by atoms with Crippen molar-refractivity contribution in [3.63, 3.8) is 0 Å². The Balaban J connectivity index is 2.03. The van der Waals surface area contributed by atoms with Crippen molar-refractivity contribution in [3.8, 4) is 0 Å². The molecule has 0 radical (unpaired) electrons. The summed E-state index contributed by atoms with van der Waals surface area (Å²) in [5.74, 6) is 0.311. The van der Waals surface area contributed by atoms with Crippen molar-refractivity contribution in [3.05, 3.63) is 33.4 Å². The maximum atomic E-state index is 11.9. The van der Waals surface area contributed by atoms with Crippen LogP contribution in [0, 0.1) is 8.99 Å². The van der Waals surface area contributed by atoms with Crippen LogP contribution in [0.1, 0.15) is 18.4 Å². The summed E-state index contributed by atoms with van der Waals surface area (Å²) in [5.41, 5.74) is 6.56. The molecule has 0 amide bonds. The molecule has 0 spiro atoms. The van der Waals surface area contributed by atoms with Gasteiger partial charge in [-0.2, -0.15) is 0 Å². The largest absolute Gasteiger partial charge is 0.329 e. The minimum absolute atomic E-state index is 0.164. The van der Waals surface area contributed by atoms with Gasteiger partial charge in [-0.05, 0) is 53.1 Å². The zero-order valence-corrected chi connectivity index (χ0v) is 10.7. The predicted molar refractivity (Wildman–Crippen MR) is 68.6 cm³/mol. The molecule has 1 aliphatic carbocycles. The molecule has 0 heterocycles. The van der Waals surface area contributed by atoms with E-state index in [4.69, 9.17) is 5.73 Å². The van der Waals surface area contributed by atoms with E-state index in [1.807, 2.05) is 24.3 Å². The highest BCUT2D eigenvalue weighted by atomic mass is 127. The third-order valence-corrected chi connectivity index (χ3v) is 3.83. The summed E-state index contributed by atoms with van der Waals surface area (Å²) in [5, 5.41) is 0. The SMILES string of the molecule is NCC1(C(=O)Cc2ccc(I)cc2)CC1. The van der Waals surface area contributed by atoms with E-state index in [-0.39, 0.29) is 5.41 Å². The van der Waals surface area contributed by atoms with Gasteiger partial charge in [0.2, 0.25) is 0 Å². The van der Waals surface area contributed by atoms with E-state index in [1.54, 1.807) is 0 Å². The average Bonchev–Trinajstić information content (AvgIpc) is 3.02. The molecular formula is C12H14INO. The molecule has 2 N–H and O–H groups in total. The van der Waals surface area contributed by atoms with E-state index < -0.39 is 0 Å². The van der Waals surface area contributed by atoms with Crippen molar-refractivity contribution < 1.29 is 4.79 Å². The van der Waals surface area contributed by atoms with Gasteiger partial charge in [0, 0.05) is 22.0 Å². The van der Waals surface area contributed by atoms with Crippen LogP contribution in [-0.2, 0) is 11.2 Å². The lowest BCUT2D eigenvalue weighted by atomic mass is 9.95. The molecule has 0 aromatic heterocycles. The minimum atomic E-state index is -0.164. The van der Waals surface area contributed by atoms with Gasteiger partial charge >= 0.3 is 0 Å². The molecule has 0 saturated heterocycles. The van der Waals surface area contributed by atoms with Crippen LogP contribution in [0.4, 0.5) is 0 Å². The topological polar surface area (TPSA) is 43.1 Å². The van der Waals surface area contributed by atoms with Gasteiger partial charge in [-0.3, -0.25) is 4.79 Å². The third-order valence-electron chi connectivity index (χ3n) is 3.11. The average molecular weight is 315 g/mol. The second-order valence-electron chi connectivity index (χ2n) is 4.21. The minimum Gasteiger partial charge on any atom is -0.329 e. The second-order valence-corrected chi connectivity index (χ2v) is 5.46. The van der Waals surface area contributed by atoms with E-state index >= 15 is 0 Å². The van der Waals surface area contributed by atoms with Crippen molar-refractivity contribution in [2.75, 3.05) is 6.54 Å². The Hall–Kier alpha value is -0.420. The zero-order chi connectivity index (χ0) is 10.9. The van der Waals surface area contributed by atoms with Crippen LogP contribution in [0.25, 0.3) is 0 Å². The molecule has 1 aliphatic rings. The molecule has 15 heavy (non-hydrogen) atoms. The lowest BCUT2D eigenvalue weighted by Crippen LogP contribution is -2.26. The van der Waals surface area contributed by atoms with Crippen LogP contribution in [0.2, 0.25) is 0 Å². The number of rotatable bonds is 4. The van der Waals surface area contributed by atoms with Crippen molar-refractivity contribution in [1.29, 1.82) is 0 Å². The maximum Gasteiger partial charge on any atom is 0.144 e. The lowest BCUT2D eigenvalue weighted by Gasteiger charge is -2.10. The molecule has 1 aromatic carbocycles. The number of carbonyl (C=O) groups is 1. The van der Waals surface area contributed by atoms with Gasteiger partial charge in [0.15, 0.2) is 0 Å².